The van der Waals surface area contributed by atoms with Gasteiger partial charge in [0.05, 0.1) is 11.6 Å². The van der Waals surface area contributed by atoms with E-state index < -0.39 is 0 Å². The van der Waals surface area contributed by atoms with Crippen molar-refractivity contribution in [3.63, 3.8) is 0 Å². The first-order chi connectivity index (χ1) is 13.1. The molecule has 0 amide bonds. The van der Waals surface area contributed by atoms with Crippen LogP contribution in [0.3, 0.4) is 0 Å². The van der Waals surface area contributed by atoms with Crippen LogP contribution in [0.25, 0.3) is 0 Å². The number of hydrogen-bond acceptors (Lipinski definition) is 3. The molecule has 0 aliphatic carbocycles. The average molecular weight is 383 g/mol. The molecule has 0 saturated carbocycles. The number of anilines is 1. The molecule has 2 aromatic rings. The van der Waals surface area contributed by atoms with E-state index in [1.54, 1.807) is 0 Å². The lowest BCUT2D eigenvalue weighted by Crippen LogP contribution is -2.32. The van der Waals surface area contributed by atoms with Crippen LogP contribution < -0.4 is 15.0 Å². The van der Waals surface area contributed by atoms with Crippen LogP contribution in [0.4, 0.5) is 5.69 Å². The number of thiocarbonyl (C=S) groups is 1. The maximum Gasteiger partial charge on any atom is 0.119 e. The molecular formula is C23H30N2OS. The van der Waals surface area contributed by atoms with Crippen LogP contribution >= 0.6 is 12.2 Å². The smallest absolute Gasteiger partial charge is 0.119 e. The zero-order chi connectivity index (χ0) is 19.2. The van der Waals surface area contributed by atoms with Crippen LogP contribution in [0.2, 0.25) is 0 Å². The fourth-order valence-corrected chi connectivity index (χ4v) is 4.01. The first-order valence-corrected chi connectivity index (χ1v) is 10.3. The largest absolute Gasteiger partial charge is 0.494 e. The molecule has 1 N–H and O–H groups in total. The maximum absolute atomic E-state index is 5.54. The summed E-state index contributed by atoms with van der Waals surface area (Å²) >= 11 is 5.15. The first kappa shape index (κ1) is 19.7. The lowest BCUT2D eigenvalue weighted by molar-refractivity contribution is 0.340. The van der Waals surface area contributed by atoms with E-state index in [4.69, 9.17) is 17.0 Å². The van der Waals surface area contributed by atoms with Crippen molar-refractivity contribution < 1.29 is 4.74 Å². The molecule has 1 atom stereocenters. The van der Waals surface area contributed by atoms with Gasteiger partial charge in [0.1, 0.15) is 5.75 Å². The van der Waals surface area contributed by atoms with Crippen LogP contribution in [-0.4, -0.2) is 24.7 Å². The van der Waals surface area contributed by atoms with E-state index in [0.29, 0.717) is 12.5 Å². The molecule has 3 nitrogen and oxygen atoms in total. The van der Waals surface area contributed by atoms with Crippen molar-refractivity contribution >= 4 is 22.9 Å². The third-order valence-corrected chi connectivity index (χ3v) is 5.45. The van der Waals surface area contributed by atoms with Gasteiger partial charge in [-0.15, -0.1) is 0 Å². The van der Waals surface area contributed by atoms with Gasteiger partial charge in [0, 0.05) is 24.8 Å². The van der Waals surface area contributed by atoms with E-state index in [9.17, 15) is 0 Å². The van der Waals surface area contributed by atoms with Crippen molar-refractivity contribution in [1.29, 1.82) is 0 Å². The van der Waals surface area contributed by atoms with Crippen LogP contribution in [0.5, 0.6) is 5.75 Å². The topological polar surface area (TPSA) is 24.5 Å². The minimum Gasteiger partial charge on any atom is -0.494 e. The molecule has 3 rings (SSSR count). The predicted molar refractivity (Wildman–Crippen MR) is 118 cm³/mol. The van der Waals surface area contributed by atoms with Gasteiger partial charge >= 0.3 is 0 Å². The quantitative estimate of drug-likeness (QED) is 0.670. The Morgan fingerprint density at radius 1 is 1.11 bits per heavy atom. The third kappa shape index (κ3) is 5.23. The van der Waals surface area contributed by atoms with Crippen LogP contribution in [0, 0.1) is 0 Å². The number of piperidine rings is 1. The molecule has 1 saturated heterocycles. The fraction of sp³-hybridized carbons (Fsp3) is 0.435. The minimum absolute atomic E-state index is 0.262. The van der Waals surface area contributed by atoms with Crippen LogP contribution in [-0.2, 0) is 0 Å². The molecule has 27 heavy (non-hydrogen) atoms. The molecular weight excluding hydrogens is 352 g/mol. The summed E-state index contributed by atoms with van der Waals surface area (Å²) in [4.78, 5) is 3.32. The second kappa shape index (κ2) is 9.23. The van der Waals surface area contributed by atoms with Crippen molar-refractivity contribution in [3.8, 4) is 5.75 Å². The molecule has 2 aromatic carbocycles. The zero-order valence-electron chi connectivity index (χ0n) is 16.6. The van der Waals surface area contributed by atoms with E-state index >= 15 is 0 Å². The standard InChI is InChI=1S/C23H30N2OS/c1-4-26-23-11-9-22(10-12-23)25-15-13-21(14-16-25)20-7-5-19(6-8-20)17(2)24-18(3)27/h5-12,17,21H,4,13-16H2,1-3H3,(H,24,27)/t17-/m0/s1. The molecule has 0 spiro atoms. The summed E-state index contributed by atoms with van der Waals surface area (Å²) in [5.74, 6) is 1.59. The summed E-state index contributed by atoms with van der Waals surface area (Å²) in [6.45, 7) is 9.01. The second-order valence-electron chi connectivity index (χ2n) is 7.28. The van der Waals surface area contributed by atoms with Crippen molar-refractivity contribution in [2.45, 2.75) is 45.6 Å². The molecule has 1 heterocycles. The molecule has 144 valence electrons. The van der Waals surface area contributed by atoms with Crippen molar-refractivity contribution in [3.05, 3.63) is 59.7 Å². The van der Waals surface area contributed by atoms with Crippen molar-refractivity contribution in [1.82, 2.24) is 5.32 Å². The first-order valence-electron chi connectivity index (χ1n) is 9.91. The molecule has 1 fully saturated rings. The van der Waals surface area contributed by atoms with E-state index in [0.717, 1.165) is 23.8 Å². The summed E-state index contributed by atoms with van der Waals surface area (Å²) in [7, 11) is 0. The molecule has 4 heteroatoms. The van der Waals surface area contributed by atoms with Crippen molar-refractivity contribution in [2.75, 3.05) is 24.6 Å². The van der Waals surface area contributed by atoms with Gasteiger partial charge in [-0.2, -0.15) is 0 Å². The number of benzene rings is 2. The Bertz CT molecular complexity index is 734. The lowest BCUT2D eigenvalue weighted by Gasteiger charge is -2.34. The molecule has 0 radical (unpaired) electrons. The SMILES string of the molecule is CCOc1ccc(N2CCC(c3ccc([C@H](C)NC(C)=S)cc3)CC2)cc1. The highest BCUT2D eigenvalue weighted by Gasteiger charge is 2.21. The Hall–Kier alpha value is -2.07. The average Bonchev–Trinajstić information content (AvgIpc) is 2.69. The predicted octanol–water partition coefficient (Wildman–Crippen LogP) is 5.47. The summed E-state index contributed by atoms with van der Waals surface area (Å²) in [5, 5.41) is 3.31. The molecule has 1 aliphatic heterocycles. The second-order valence-corrected chi connectivity index (χ2v) is 7.89. The Labute approximate surface area is 168 Å². The van der Waals surface area contributed by atoms with E-state index in [2.05, 4.69) is 65.7 Å². The minimum atomic E-state index is 0.262. The number of rotatable bonds is 6. The maximum atomic E-state index is 5.54. The molecule has 0 bridgehead atoms. The molecule has 1 aliphatic rings. The third-order valence-electron chi connectivity index (χ3n) is 5.34. The number of nitrogens with one attached hydrogen (secondary N) is 1. The number of hydrogen-bond donors (Lipinski definition) is 1. The summed E-state index contributed by atoms with van der Waals surface area (Å²) in [6, 6.07) is 17.8. The normalized spacial score (nSPS) is 16.0. The summed E-state index contributed by atoms with van der Waals surface area (Å²) in [5.41, 5.74) is 4.04. The highest BCUT2D eigenvalue weighted by Crippen LogP contribution is 2.31. The van der Waals surface area contributed by atoms with Gasteiger partial charge in [-0.1, -0.05) is 36.5 Å². The number of nitrogens with zero attached hydrogens (tertiary/aromatic N) is 1. The Morgan fingerprint density at radius 2 is 1.74 bits per heavy atom. The van der Waals surface area contributed by atoms with Gasteiger partial charge in [-0.3, -0.25) is 0 Å². The van der Waals surface area contributed by atoms with Crippen molar-refractivity contribution in [2.24, 2.45) is 0 Å². The zero-order valence-corrected chi connectivity index (χ0v) is 17.4. The van der Waals surface area contributed by atoms with Gasteiger partial charge in [-0.05, 0) is 74.9 Å². The highest BCUT2D eigenvalue weighted by atomic mass is 32.1. The van der Waals surface area contributed by atoms with Gasteiger partial charge in [-0.25, -0.2) is 0 Å². The van der Waals surface area contributed by atoms with Crippen LogP contribution in [0.15, 0.2) is 48.5 Å². The van der Waals surface area contributed by atoms with E-state index in [1.165, 1.54) is 29.7 Å². The monoisotopic (exact) mass is 382 g/mol. The summed E-state index contributed by atoms with van der Waals surface area (Å²) < 4.78 is 5.54. The summed E-state index contributed by atoms with van der Waals surface area (Å²) in [6.07, 6.45) is 2.39. The van der Waals surface area contributed by atoms with Gasteiger partial charge < -0.3 is 15.0 Å². The Balaban J connectivity index is 1.56. The van der Waals surface area contributed by atoms with E-state index in [1.807, 2.05) is 13.8 Å². The fourth-order valence-electron chi connectivity index (χ4n) is 3.84. The van der Waals surface area contributed by atoms with Crippen LogP contribution in [0.1, 0.15) is 56.7 Å². The van der Waals surface area contributed by atoms with Gasteiger partial charge in [0.2, 0.25) is 0 Å². The lowest BCUT2D eigenvalue weighted by atomic mass is 9.88. The van der Waals surface area contributed by atoms with E-state index in [-0.39, 0.29) is 6.04 Å². The molecule has 0 aromatic heterocycles. The molecule has 0 unspecified atom stereocenters. The van der Waals surface area contributed by atoms with Gasteiger partial charge in [0.15, 0.2) is 0 Å². The highest BCUT2D eigenvalue weighted by molar-refractivity contribution is 7.80. The Kier molecular flexibility index (Phi) is 6.73. The number of ether oxygens (including phenoxy) is 1. The Morgan fingerprint density at radius 3 is 2.30 bits per heavy atom. The van der Waals surface area contributed by atoms with Gasteiger partial charge in [0.25, 0.3) is 0 Å².